The number of hydrogen-bond donors (Lipinski definition) is 2. The van der Waals surface area contributed by atoms with Gasteiger partial charge in [0.1, 0.15) is 11.0 Å². The molecule has 0 spiro atoms. The van der Waals surface area contributed by atoms with Gasteiger partial charge in [0.2, 0.25) is 0 Å². The fraction of sp³-hybridized carbons (Fsp3) is 0.150. The van der Waals surface area contributed by atoms with Gasteiger partial charge in [0.05, 0.1) is 24.0 Å². The zero-order chi connectivity index (χ0) is 21.0. The van der Waals surface area contributed by atoms with Crippen LogP contribution in [-0.2, 0) is 6.18 Å². The molecule has 1 atom stereocenters. The van der Waals surface area contributed by atoms with Gasteiger partial charge >= 0.3 is 6.18 Å². The maximum absolute atomic E-state index is 12.8. The highest BCUT2D eigenvalue weighted by molar-refractivity contribution is 6.29. The Morgan fingerprint density at radius 3 is 2.59 bits per heavy atom. The Hall–Kier alpha value is -3.13. The summed E-state index contributed by atoms with van der Waals surface area (Å²) >= 11 is 5.82. The summed E-state index contributed by atoms with van der Waals surface area (Å²) in [5.74, 6) is -0.141. The molecule has 2 aromatic carbocycles. The fourth-order valence-corrected chi connectivity index (χ4v) is 2.79. The normalized spacial score (nSPS) is 12.3. The quantitative estimate of drug-likeness (QED) is 0.566. The predicted octanol–water partition coefficient (Wildman–Crippen LogP) is 5.57. The van der Waals surface area contributed by atoms with Crippen molar-refractivity contribution >= 4 is 29.0 Å². The molecule has 0 aliphatic carbocycles. The second kappa shape index (κ2) is 8.48. The van der Waals surface area contributed by atoms with Crippen molar-refractivity contribution in [3.8, 4) is 0 Å². The highest BCUT2D eigenvalue weighted by atomic mass is 35.5. The molecule has 3 aromatic rings. The highest BCUT2D eigenvalue weighted by Crippen LogP contribution is 2.30. The highest BCUT2D eigenvalue weighted by Gasteiger charge is 2.30. The molecule has 1 unspecified atom stereocenters. The molecule has 0 bridgehead atoms. The van der Waals surface area contributed by atoms with Crippen molar-refractivity contribution in [3.63, 3.8) is 0 Å². The first kappa shape index (κ1) is 20.6. The van der Waals surface area contributed by atoms with Crippen molar-refractivity contribution in [2.75, 3.05) is 10.6 Å². The molecule has 150 valence electrons. The molecule has 0 radical (unpaired) electrons. The summed E-state index contributed by atoms with van der Waals surface area (Å²) in [7, 11) is 0. The van der Waals surface area contributed by atoms with Gasteiger partial charge in [-0.25, -0.2) is 4.98 Å². The fourth-order valence-electron chi connectivity index (χ4n) is 2.64. The second-order valence-electron chi connectivity index (χ2n) is 6.25. The maximum Gasteiger partial charge on any atom is 0.416 e. The topological polar surface area (TPSA) is 66.9 Å². The van der Waals surface area contributed by atoms with E-state index in [0.717, 1.165) is 17.7 Å². The van der Waals surface area contributed by atoms with E-state index in [2.05, 4.69) is 20.6 Å². The van der Waals surface area contributed by atoms with Crippen molar-refractivity contribution in [3.05, 3.63) is 82.8 Å². The number of carbonyl (C=O) groups is 1. The lowest BCUT2D eigenvalue weighted by Crippen LogP contribution is -2.14. The van der Waals surface area contributed by atoms with Crippen LogP contribution in [0.4, 0.5) is 24.7 Å². The van der Waals surface area contributed by atoms with E-state index >= 15 is 0 Å². The van der Waals surface area contributed by atoms with Crippen LogP contribution in [0.2, 0.25) is 5.15 Å². The third kappa shape index (κ3) is 5.45. The molecule has 9 heteroatoms. The summed E-state index contributed by atoms with van der Waals surface area (Å²) in [6.45, 7) is 1.89. The molecule has 1 aromatic heterocycles. The van der Waals surface area contributed by atoms with Gasteiger partial charge in [-0.15, -0.1) is 0 Å². The van der Waals surface area contributed by atoms with Gasteiger partial charge in [-0.3, -0.25) is 9.78 Å². The summed E-state index contributed by atoms with van der Waals surface area (Å²) in [4.78, 5) is 20.4. The maximum atomic E-state index is 12.8. The van der Waals surface area contributed by atoms with Crippen LogP contribution in [0, 0.1) is 0 Å². The summed E-state index contributed by atoms with van der Waals surface area (Å²) < 4.78 is 38.5. The molecule has 0 saturated carbocycles. The van der Waals surface area contributed by atoms with Crippen molar-refractivity contribution in [1.29, 1.82) is 0 Å². The number of nitrogens with one attached hydrogen (secondary N) is 2. The molecule has 1 amide bonds. The minimum atomic E-state index is -4.51. The number of amides is 1. The third-order valence-corrected chi connectivity index (χ3v) is 4.25. The van der Waals surface area contributed by atoms with E-state index < -0.39 is 17.6 Å². The van der Waals surface area contributed by atoms with Crippen molar-refractivity contribution in [2.24, 2.45) is 0 Å². The Morgan fingerprint density at radius 2 is 1.86 bits per heavy atom. The summed E-state index contributed by atoms with van der Waals surface area (Å²) in [5, 5.41) is 6.02. The minimum absolute atomic E-state index is 0.0781. The molecule has 2 N–H and O–H groups in total. The Labute approximate surface area is 170 Å². The molecule has 0 fully saturated rings. The molecule has 0 aliphatic heterocycles. The second-order valence-corrected chi connectivity index (χ2v) is 6.64. The largest absolute Gasteiger partial charge is 0.416 e. The predicted molar refractivity (Wildman–Crippen MR) is 105 cm³/mol. The number of halogens is 4. The Morgan fingerprint density at radius 1 is 1.10 bits per heavy atom. The number of aromatic nitrogens is 2. The lowest BCUT2D eigenvalue weighted by atomic mass is 10.1. The van der Waals surface area contributed by atoms with Crippen LogP contribution in [0.15, 0.2) is 60.9 Å². The van der Waals surface area contributed by atoms with Crippen LogP contribution in [0.5, 0.6) is 0 Å². The third-order valence-electron chi connectivity index (χ3n) is 4.07. The average Bonchev–Trinajstić information content (AvgIpc) is 2.67. The molecule has 5 nitrogen and oxygen atoms in total. The zero-order valence-electron chi connectivity index (χ0n) is 15.2. The van der Waals surface area contributed by atoms with E-state index in [-0.39, 0.29) is 16.8 Å². The van der Waals surface area contributed by atoms with E-state index in [9.17, 15) is 18.0 Å². The molecule has 3 rings (SSSR count). The Balaban J connectivity index is 1.73. The van der Waals surface area contributed by atoms with Crippen LogP contribution >= 0.6 is 11.6 Å². The first-order chi connectivity index (χ1) is 13.7. The zero-order valence-corrected chi connectivity index (χ0v) is 15.9. The van der Waals surface area contributed by atoms with Crippen LogP contribution in [0.3, 0.4) is 0 Å². The number of rotatable bonds is 5. The number of hydrogen-bond acceptors (Lipinski definition) is 4. The minimum Gasteiger partial charge on any atom is -0.362 e. The summed E-state index contributed by atoms with van der Waals surface area (Å²) in [6.07, 6.45) is -1.57. The first-order valence-electron chi connectivity index (χ1n) is 8.55. The summed E-state index contributed by atoms with van der Waals surface area (Å²) in [5.41, 5.74) is 0.328. The van der Waals surface area contributed by atoms with Gasteiger partial charge in [-0.2, -0.15) is 13.2 Å². The van der Waals surface area contributed by atoms with Crippen LogP contribution in [0.1, 0.15) is 34.5 Å². The van der Waals surface area contributed by atoms with Crippen molar-refractivity contribution in [2.45, 2.75) is 19.1 Å². The lowest BCUT2D eigenvalue weighted by molar-refractivity contribution is -0.137. The Kier molecular flexibility index (Phi) is 6.03. The van der Waals surface area contributed by atoms with Crippen molar-refractivity contribution in [1.82, 2.24) is 9.97 Å². The number of nitrogens with zero attached hydrogens (tertiary/aromatic N) is 2. The van der Waals surface area contributed by atoms with Crippen LogP contribution in [0.25, 0.3) is 0 Å². The van der Waals surface area contributed by atoms with E-state index in [4.69, 9.17) is 11.6 Å². The standard InChI is InChI=1S/C20H16ClF3N4O/c1-12(26-18-11-25-10-17(21)28-18)13-4-3-7-16(9-13)27-19(29)14-5-2-6-15(8-14)20(22,23)24/h2-12H,1H3,(H,26,28)(H,27,29). The summed E-state index contributed by atoms with van der Waals surface area (Å²) in [6, 6.07) is 11.0. The van der Waals surface area contributed by atoms with E-state index in [1.54, 1.807) is 18.2 Å². The number of alkyl halides is 3. The van der Waals surface area contributed by atoms with Crippen molar-refractivity contribution < 1.29 is 18.0 Å². The van der Waals surface area contributed by atoms with Gasteiger partial charge in [0.15, 0.2) is 0 Å². The van der Waals surface area contributed by atoms with Gasteiger partial charge in [0, 0.05) is 11.3 Å². The number of carbonyl (C=O) groups excluding carboxylic acids is 1. The van der Waals surface area contributed by atoms with E-state index in [1.165, 1.54) is 24.5 Å². The van der Waals surface area contributed by atoms with Gasteiger partial charge in [0.25, 0.3) is 5.91 Å². The monoisotopic (exact) mass is 420 g/mol. The van der Waals surface area contributed by atoms with E-state index in [1.807, 2.05) is 13.0 Å². The SMILES string of the molecule is CC(Nc1cncc(Cl)n1)c1cccc(NC(=O)c2cccc(C(F)(F)F)c2)c1. The van der Waals surface area contributed by atoms with E-state index in [0.29, 0.717) is 11.5 Å². The molecule has 0 saturated heterocycles. The average molecular weight is 421 g/mol. The number of anilines is 2. The van der Waals surface area contributed by atoms with Crippen LogP contribution in [-0.4, -0.2) is 15.9 Å². The van der Waals surface area contributed by atoms with Crippen LogP contribution < -0.4 is 10.6 Å². The smallest absolute Gasteiger partial charge is 0.362 e. The first-order valence-corrected chi connectivity index (χ1v) is 8.93. The Bertz CT molecular complexity index is 1030. The van der Waals surface area contributed by atoms with Gasteiger partial charge < -0.3 is 10.6 Å². The van der Waals surface area contributed by atoms with Gasteiger partial charge in [-0.1, -0.05) is 29.8 Å². The molecule has 1 heterocycles. The molecule has 29 heavy (non-hydrogen) atoms. The molecular weight excluding hydrogens is 405 g/mol. The lowest BCUT2D eigenvalue weighted by Gasteiger charge is -2.16. The molecular formula is C20H16ClF3N4O. The number of benzene rings is 2. The van der Waals surface area contributed by atoms with Gasteiger partial charge in [-0.05, 0) is 42.8 Å². The molecule has 0 aliphatic rings.